The van der Waals surface area contributed by atoms with Crippen LogP contribution in [0.25, 0.3) is 0 Å². The molecule has 2 heterocycles. The van der Waals surface area contributed by atoms with Gasteiger partial charge in [0.25, 0.3) is 0 Å². The summed E-state index contributed by atoms with van der Waals surface area (Å²) >= 11 is 0. The number of carbonyl (C=O) groups excluding carboxylic acids is 1. The Bertz CT molecular complexity index is 535. The minimum absolute atomic E-state index is 0.0259. The van der Waals surface area contributed by atoms with Gasteiger partial charge in [0.15, 0.2) is 0 Å². The summed E-state index contributed by atoms with van der Waals surface area (Å²) < 4.78 is 39.0. The maximum Gasteiger partial charge on any atom is 0.412 e. The van der Waals surface area contributed by atoms with E-state index in [1.165, 1.54) is 15.8 Å². The molecular weight excluding hydrogens is 273 g/mol. The second-order valence-corrected chi connectivity index (χ2v) is 4.69. The maximum absolute atomic E-state index is 12.5. The highest BCUT2D eigenvalue weighted by atomic mass is 19.4. The summed E-state index contributed by atoms with van der Waals surface area (Å²) in [4.78, 5) is 13.4. The third-order valence-corrected chi connectivity index (χ3v) is 3.23. The lowest BCUT2D eigenvalue weighted by Gasteiger charge is -2.29. The van der Waals surface area contributed by atoms with Gasteiger partial charge >= 0.3 is 6.18 Å². The average Bonchev–Trinajstić information content (AvgIpc) is 2.83. The molecule has 0 radical (unpaired) electrons. The molecule has 1 aliphatic rings. The SMILES string of the molecule is Cn1cc(C(N)C(=O)N2CC=C(C(F)(F)F)CC2)cn1. The number of nitrogens with two attached hydrogens (primary N) is 1. The van der Waals surface area contributed by atoms with Crippen molar-refractivity contribution in [2.75, 3.05) is 13.1 Å². The van der Waals surface area contributed by atoms with Crippen LogP contribution in [-0.2, 0) is 11.8 Å². The molecule has 110 valence electrons. The molecule has 1 aromatic heterocycles. The van der Waals surface area contributed by atoms with E-state index < -0.39 is 23.7 Å². The van der Waals surface area contributed by atoms with Crippen molar-refractivity contribution in [3.8, 4) is 0 Å². The van der Waals surface area contributed by atoms with Gasteiger partial charge in [-0.05, 0) is 6.42 Å². The zero-order valence-corrected chi connectivity index (χ0v) is 10.9. The van der Waals surface area contributed by atoms with Crippen molar-refractivity contribution < 1.29 is 18.0 Å². The number of hydrogen-bond donors (Lipinski definition) is 1. The van der Waals surface area contributed by atoms with Crippen LogP contribution in [0, 0.1) is 0 Å². The van der Waals surface area contributed by atoms with Gasteiger partial charge in [0.05, 0.1) is 6.20 Å². The van der Waals surface area contributed by atoms with Crippen LogP contribution in [0.3, 0.4) is 0 Å². The number of hydrogen-bond acceptors (Lipinski definition) is 3. The van der Waals surface area contributed by atoms with E-state index in [2.05, 4.69) is 5.10 Å². The number of alkyl halides is 3. The summed E-state index contributed by atoms with van der Waals surface area (Å²) in [5.41, 5.74) is 5.77. The van der Waals surface area contributed by atoms with Crippen LogP contribution in [-0.4, -0.2) is 39.9 Å². The van der Waals surface area contributed by atoms with E-state index in [-0.39, 0.29) is 19.5 Å². The van der Waals surface area contributed by atoms with Crippen molar-refractivity contribution in [2.45, 2.75) is 18.6 Å². The molecule has 1 atom stereocenters. The van der Waals surface area contributed by atoms with Gasteiger partial charge in [0, 0.05) is 37.5 Å². The van der Waals surface area contributed by atoms with Gasteiger partial charge in [-0.2, -0.15) is 18.3 Å². The van der Waals surface area contributed by atoms with Crippen molar-refractivity contribution in [3.63, 3.8) is 0 Å². The molecular formula is C12H15F3N4O. The van der Waals surface area contributed by atoms with Crippen LogP contribution in [0.1, 0.15) is 18.0 Å². The Balaban J connectivity index is 2.03. The van der Waals surface area contributed by atoms with E-state index in [0.717, 1.165) is 6.08 Å². The zero-order chi connectivity index (χ0) is 14.9. The topological polar surface area (TPSA) is 64.2 Å². The fourth-order valence-electron chi connectivity index (χ4n) is 2.07. The highest BCUT2D eigenvalue weighted by Crippen LogP contribution is 2.30. The highest BCUT2D eigenvalue weighted by molar-refractivity contribution is 5.83. The molecule has 0 saturated carbocycles. The Morgan fingerprint density at radius 3 is 2.65 bits per heavy atom. The van der Waals surface area contributed by atoms with Crippen molar-refractivity contribution in [1.29, 1.82) is 0 Å². The van der Waals surface area contributed by atoms with Crippen molar-refractivity contribution in [3.05, 3.63) is 29.6 Å². The Labute approximate surface area is 113 Å². The summed E-state index contributed by atoms with van der Waals surface area (Å²) in [6, 6.07) is -0.899. The summed E-state index contributed by atoms with van der Waals surface area (Å²) in [7, 11) is 1.69. The molecule has 1 amide bonds. The van der Waals surface area contributed by atoms with Gasteiger partial charge in [-0.15, -0.1) is 0 Å². The quantitative estimate of drug-likeness (QED) is 0.830. The molecule has 5 nitrogen and oxygen atoms in total. The van der Waals surface area contributed by atoms with Crippen LogP contribution in [0.5, 0.6) is 0 Å². The van der Waals surface area contributed by atoms with E-state index >= 15 is 0 Å². The monoisotopic (exact) mass is 288 g/mol. The lowest BCUT2D eigenvalue weighted by atomic mass is 10.1. The summed E-state index contributed by atoms with van der Waals surface area (Å²) in [6.45, 7) is -0.0419. The highest BCUT2D eigenvalue weighted by Gasteiger charge is 2.36. The van der Waals surface area contributed by atoms with E-state index in [1.54, 1.807) is 13.2 Å². The largest absolute Gasteiger partial charge is 0.412 e. The van der Waals surface area contributed by atoms with Crippen LogP contribution in [0.4, 0.5) is 13.2 Å². The number of nitrogens with zero attached hydrogens (tertiary/aromatic N) is 3. The molecule has 2 N–H and O–H groups in total. The Morgan fingerprint density at radius 1 is 1.50 bits per heavy atom. The molecule has 1 unspecified atom stereocenters. The van der Waals surface area contributed by atoms with E-state index in [9.17, 15) is 18.0 Å². The minimum Gasteiger partial charge on any atom is -0.337 e. The molecule has 0 aliphatic carbocycles. The molecule has 0 bridgehead atoms. The number of aromatic nitrogens is 2. The second-order valence-electron chi connectivity index (χ2n) is 4.69. The Hall–Kier alpha value is -1.83. The minimum atomic E-state index is -4.32. The van der Waals surface area contributed by atoms with E-state index in [0.29, 0.717) is 5.56 Å². The first kappa shape index (κ1) is 14.6. The van der Waals surface area contributed by atoms with Crippen LogP contribution < -0.4 is 5.73 Å². The van der Waals surface area contributed by atoms with Gasteiger partial charge in [0.2, 0.25) is 5.91 Å². The van der Waals surface area contributed by atoms with Crippen molar-refractivity contribution in [1.82, 2.24) is 14.7 Å². The smallest absolute Gasteiger partial charge is 0.337 e. The standard InChI is InChI=1S/C12H15F3N4O/c1-18-7-8(6-17-18)10(16)11(20)19-4-2-9(3-5-19)12(13,14)15/h2,6-7,10H,3-5,16H2,1H3. The fraction of sp³-hybridized carbons (Fsp3) is 0.500. The number of halogens is 3. The molecule has 0 spiro atoms. The molecule has 1 aliphatic heterocycles. The first-order valence-corrected chi connectivity index (χ1v) is 6.08. The van der Waals surface area contributed by atoms with Crippen LogP contribution >= 0.6 is 0 Å². The number of aryl methyl sites for hydroxylation is 1. The van der Waals surface area contributed by atoms with Crippen molar-refractivity contribution >= 4 is 5.91 Å². The second kappa shape index (κ2) is 5.28. The van der Waals surface area contributed by atoms with Gasteiger partial charge in [0.1, 0.15) is 6.04 Å². The molecule has 1 aromatic rings. The third kappa shape index (κ3) is 3.01. The maximum atomic E-state index is 12.5. The number of rotatable bonds is 2. The van der Waals surface area contributed by atoms with Gasteiger partial charge < -0.3 is 10.6 Å². The van der Waals surface area contributed by atoms with E-state index in [1.807, 2.05) is 0 Å². The van der Waals surface area contributed by atoms with Crippen LogP contribution in [0.2, 0.25) is 0 Å². The fourth-order valence-corrected chi connectivity index (χ4v) is 2.07. The molecule has 0 fully saturated rings. The van der Waals surface area contributed by atoms with Gasteiger partial charge in [-0.25, -0.2) is 0 Å². The third-order valence-electron chi connectivity index (χ3n) is 3.23. The predicted octanol–water partition coefficient (Wildman–Crippen LogP) is 1.14. The first-order valence-electron chi connectivity index (χ1n) is 6.08. The van der Waals surface area contributed by atoms with Gasteiger partial charge in [-0.1, -0.05) is 6.08 Å². The van der Waals surface area contributed by atoms with Crippen molar-refractivity contribution in [2.24, 2.45) is 12.8 Å². The number of amides is 1. The molecule has 0 aromatic carbocycles. The first-order chi connectivity index (χ1) is 9.29. The summed E-state index contributed by atoms with van der Waals surface area (Å²) in [6.07, 6.45) is -0.389. The Morgan fingerprint density at radius 2 is 2.20 bits per heavy atom. The average molecular weight is 288 g/mol. The van der Waals surface area contributed by atoms with Gasteiger partial charge in [-0.3, -0.25) is 9.48 Å². The molecule has 8 heteroatoms. The molecule has 0 saturated heterocycles. The lowest BCUT2D eigenvalue weighted by Crippen LogP contribution is -2.41. The predicted molar refractivity (Wildman–Crippen MR) is 65.5 cm³/mol. The molecule has 20 heavy (non-hydrogen) atoms. The molecule has 2 rings (SSSR count). The summed E-state index contributed by atoms with van der Waals surface area (Å²) in [5.74, 6) is -0.393. The van der Waals surface area contributed by atoms with E-state index in [4.69, 9.17) is 5.73 Å². The lowest BCUT2D eigenvalue weighted by molar-refractivity contribution is -0.133. The number of carbonyl (C=O) groups is 1. The van der Waals surface area contributed by atoms with Crippen LogP contribution in [0.15, 0.2) is 24.0 Å². The normalized spacial score (nSPS) is 17.9. The zero-order valence-electron chi connectivity index (χ0n) is 10.9. The summed E-state index contributed by atoms with van der Waals surface area (Å²) in [5, 5.41) is 3.91. The Kier molecular flexibility index (Phi) is 3.85.